The van der Waals surface area contributed by atoms with Crippen LogP contribution in [0, 0.1) is 6.92 Å². The number of furan rings is 1. The summed E-state index contributed by atoms with van der Waals surface area (Å²) in [5.41, 5.74) is 5.39. The number of nitrogens with one attached hydrogen (secondary N) is 1. The molecule has 6 nitrogen and oxygen atoms in total. The Balaban J connectivity index is 1.62. The van der Waals surface area contributed by atoms with E-state index in [1.807, 2.05) is 61.5 Å². The molecule has 1 aliphatic carbocycles. The molecule has 6 heteroatoms. The van der Waals surface area contributed by atoms with Gasteiger partial charge in [-0.1, -0.05) is 54.6 Å². The summed E-state index contributed by atoms with van der Waals surface area (Å²) in [6.45, 7) is 1.91. The second kappa shape index (κ2) is 6.99. The Bertz CT molecular complexity index is 1230. The summed E-state index contributed by atoms with van der Waals surface area (Å²) >= 11 is 0. The highest BCUT2D eigenvalue weighted by atomic mass is 16.4. The number of carbonyl (C=O) groups is 1. The number of rotatable bonds is 4. The summed E-state index contributed by atoms with van der Waals surface area (Å²) in [5, 5.41) is 11.9. The topological polar surface area (TPSA) is 88.2 Å². The number of benzene rings is 2. The minimum absolute atomic E-state index is 0.485. The number of fused-ring (bicyclic) bond motifs is 1. The van der Waals surface area contributed by atoms with Gasteiger partial charge < -0.3 is 14.8 Å². The Morgan fingerprint density at radius 2 is 1.80 bits per heavy atom. The van der Waals surface area contributed by atoms with Gasteiger partial charge in [-0.15, -0.1) is 0 Å². The first-order valence-corrected chi connectivity index (χ1v) is 9.99. The van der Waals surface area contributed by atoms with Crippen molar-refractivity contribution in [3.63, 3.8) is 0 Å². The third-order valence-corrected chi connectivity index (χ3v) is 5.84. The normalized spacial score (nSPS) is 15.0. The first-order chi connectivity index (χ1) is 14.6. The molecule has 1 amide bonds. The lowest BCUT2D eigenvalue weighted by atomic mass is 9.72. The van der Waals surface area contributed by atoms with Crippen molar-refractivity contribution < 1.29 is 14.3 Å². The molecule has 5 rings (SSSR count). The molecule has 150 valence electrons. The van der Waals surface area contributed by atoms with Gasteiger partial charge in [0.05, 0.1) is 23.0 Å². The number of amides is 1. The number of hydrogen-bond acceptors (Lipinski definition) is 4. The minimum Gasteiger partial charge on any atom is -0.465 e. The van der Waals surface area contributed by atoms with Crippen molar-refractivity contribution in [2.75, 3.05) is 0 Å². The van der Waals surface area contributed by atoms with Gasteiger partial charge in [-0.05, 0) is 37.3 Å². The molecule has 2 aromatic carbocycles. The molecule has 0 spiro atoms. The summed E-state index contributed by atoms with van der Waals surface area (Å²) in [6, 6.07) is 18.0. The van der Waals surface area contributed by atoms with Gasteiger partial charge >= 0.3 is 6.09 Å². The molecular formula is C24H21N3O3. The van der Waals surface area contributed by atoms with Crippen LogP contribution < -0.4 is 5.32 Å². The van der Waals surface area contributed by atoms with Crippen molar-refractivity contribution in [3.8, 4) is 22.5 Å². The fourth-order valence-corrected chi connectivity index (χ4v) is 4.20. The number of hydrogen-bond donors (Lipinski definition) is 2. The second-order valence-corrected chi connectivity index (χ2v) is 7.78. The monoisotopic (exact) mass is 399 g/mol. The Labute approximate surface area is 173 Å². The molecule has 1 saturated carbocycles. The Morgan fingerprint density at radius 1 is 1.07 bits per heavy atom. The summed E-state index contributed by atoms with van der Waals surface area (Å²) in [4.78, 5) is 20.4. The third kappa shape index (κ3) is 3.01. The average molecular weight is 399 g/mol. The molecular weight excluding hydrogens is 378 g/mol. The van der Waals surface area contributed by atoms with Crippen molar-refractivity contribution in [1.82, 2.24) is 15.3 Å². The Hall–Kier alpha value is -3.67. The van der Waals surface area contributed by atoms with E-state index >= 15 is 0 Å². The van der Waals surface area contributed by atoms with Gasteiger partial charge in [0.2, 0.25) is 5.71 Å². The van der Waals surface area contributed by atoms with Crippen molar-refractivity contribution in [2.45, 2.75) is 31.7 Å². The minimum atomic E-state index is -0.991. The molecule has 0 unspecified atom stereocenters. The van der Waals surface area contributed by atoms with Gasteiger partial charge in [-0.2, -0.15) is 0 Å². The van der Waals surface area contributed by atoms with Gasteiger partial charge in [0, 0.05) is 5.56 Å². The molecule has 0 aliphatic heterocycles. The van der Waals surface area contributed by atoms with Crippen LogP contribution in [0.15, 0.2) is 65.2 Å². The highest BCUT2D eigenvalue weighted by molar-refractivity contribution is 5.98. The van der Waals surface area contributed by atoms with Crippen LogP contribution in [-0.2, 0) is 5.54 Å². The maximum absolute atomic E-state index is 11.3. The first-order valence-electron chi connectivity index (χ1n) is 9.99. The van der Waals surface area contributed by atoms with Crippen molar-refractivity contribution in [2.24, 2.45) is 0 Å². The zero-order valence-electron chi connectivity index (χ0n) is 16.6. The molecule has 2 aromatic heterocycles. The van der Waals surface area contributed by atoms with Crippen molar-refractivity contribution in [1.29, 1.82) is 0 Å². The van der Waals surface area contributed by atoms with Crippen LogP contribution in [0.25, 0.3) is 33.7 Å². The molecule has 0 atom stereocenters. The van der Waals surface area contributed by atoms with E-state index in [-0.39, 0.29) is 0 Å². The molecule has 0 saturated heterocycles. The molecule has 30 heavy (non-hydrogen) atoms. The predicted octanol–water partition coefficient (Wildman–Crippen LogP) is 5.51. The van der Waals surface area contributed by atoms with E-state index in [1.165, 1.54) is 0 Å². The predicted molar refractivity (Wildman–Crippen MR) is 114 cm³/mol. The van der Waals surface area contributed by atoms with Crippen LogP contribution in [0.5, 0.6) is 0 Å². The lowest BCUT2D eigenvalue weighted by molar-refractivity contribution is 0.144. The highest BCUT2D eigenvalue weighted by Gasteiger charge is 2.40. The van der Waals surface area contributed by atoms with Gasteiger partial charge in [-0.3, -0.25) is 0 Å². The van der Waals surface area contributed by atoms with Crippen LogP contribution >= 0.6 is 0 Å². The maximum atomic E-state index is 11.3. The van der Waals surface area contributed by atoms with Gasteiger partial charge in [0.25, 0.3) is 0 Å². The van der Waals surface area contributed by atoms with E-state index in [0.29, 0.717) is 11.5 Å². The maximum Gasteiger partial charge on any atom is 0.405 e. The molecule has 1 aliphatic rings. The van der Waals surface area contributed by atoms with Crippen molar-refractivity contribution >= 4 is 17.3 Å². The summed E-state index contributed by atoms with van der Waals surface area (Å²) in [6.07, 6.45) is 3.35. The van der Waals surface area contributed by atoms with Crippen LogP contribution in [0.2, 0.25) is 0 Å². The summed E-state index contributed by atoms with van der Waals surface area (Å²) < 4.78 is 6.14. The van der Waals surface area contributed by atoms with E-state index in [4.69, 9.17) is 4.42 Å². The number of aromatic nitrogens is 2. The lowest BCUT2D eigenvalue weighted by Crippen LogP contribution is -2.50. The largest absolute Gasteiger partial charge is 0.465 e. The van der Waals surface area contributed by atoms with Crippen molar-refractivity contribution in [3.05, 3.63) is 72.1 Å². The quantitative estimate of drug-likeness (QED) is 0.472. The van der Waals surface area contributed by atoms with E-state index in [9.17, 15) is 9.90 Å². The number of aryl methyl sites for hydroxylation is 1. The fraction of sp³-hybridized carbons (Fsp3) is 0.208. The van der Waals surface area contributed by atoms with Crippen LogP contribution in [0.3, 0.4) is 0 Å². The molecule has 4 aromatic rings. The summed E-state index contributed by atoms with van der Waals surface area (Å²) in [5.74, 6) is 0.710. The summed E-state index contributed by atoms with van der Waals surface area (Å²) in [7, 11) is 0. The SMILES string of the molecule is Cc1cnc2oc(-c3ccc(C4(NC(=O)O)CCC4)cc3)c(-c3ccccc3)c2n1. The molecule has 0 bridgehead atoms. The number of carboxylic acid groups (broad SMARTS) is 1. The second-order valence-electron chi connectivity index (χ2n) is 7.78. The first kappa shape index (κ1) is 18.4. The zero-order valence-corrected chi connectivity index (χ0v) is 16.6. The zero-order chi connectivity index (χ0) is 20.7. The highest BCUT2D eigenvalue weighted by Crippen LogP contribution is 2.43. The molecule has 1 fully saturated rings. The Morgan fingerprint density at radius 3 is 2.43 bits per heavy atom. The lowest BCUT2D eigenvalue weighted by Gasteiger charge is -2.42. The third-order valence-electron chi connectivity index (χ3n) is 5.84. The number of nitrogens with zero attached hydrogens (tertiary/aromatic N) is 2. The standard InChI is InChI=1S/C24H21N3O3/c1-15-14-25-22-20(26-15)19(16-6-3-2-4-7-16)21(30-22)17-8-10-18(11-9-17)24(12-5-13-24)27-23(28)29/h2-4,6-11,14,27H,5,12-13H2,1H3,(H,28,29). The van der Waals surface area contributed by atoms with E-state index in [1.54, 1.807) is 6.20 Å². The molecule has 0 radical (unpaired) electrons. The van der Waals surface area contributed by atoms with Crippen LogP contribution in [0.4, 0.5) is 4.79 Å². The van der Waals surface area contributed by atoms with Gasteiger partial charge in [0.15, 0.2) is 0 Å². The Kier molecular flexibility index (Phi) is 4.28. The molecule has 2 heterocycles. The molecule has 2 N–H and O–H groups in total. The average Bonchev–Trinajstić information content (AvgIpc) is 3.10. The van der Waals surface area contributed by atoms with Gasteiger partial charge in [-0.25, -0.2) is 14.8 Å². The van der Waals surface area contributed by atoms with Crippen LogP contribution in [0.1, 0.15) is 30.5 Å². The van der Waals surface area contributed by atoms with E-state index in [0.717, 1.165) is 52.7 Å². The van der Waals surface area contributed by atoms with Gasteiger partial charge in [0.1, 0.15) is 11.3 Å². The van der Waals surface area contributed by atoms with Crippen LogP contribution in [-0.4, -0.2) is 21.2 Å². The van der Waals surface area contributed by atoms with E-state index in [2.05, 4.69) is 15.3 Å². The van der Waals surface area contributed by atoms with E-state index < -0.39 is 11.6 Å². The fourth-order valence-electron chi connectivity index (χ4n) is 4.20. The smallest absolute Gasteiger partial charge is 0.405 e.